The number of likely N-dealkylation sites (N-methyl/N-ethyl adjacent to an activating group) is 1. The van der Waals surface area contributed by atoms with Gasteiger partial charge in [0.15, 0.2) is 0 Å². The molecule has 1 rings (SSSR count). The van der Waals surface area contributed by atoms with Crippen LogP contribution in [-0.2, 0) is 4.79 Å². The lowest BCUT2D eigenvalue weighted by atomic mass is 9.94. The monoisotopic (exact) mass is 249 g/mol. The maximum atomic E-state index is 12.4. The Hall–Kier alpha value is -1.42. The molecule has 1 amide bonds. The van der Waals surface area contributed by atoms with Crippen LogP contribution < -0.4 is 5.73 Å². The summed E-state index contributed by atoms with van der Waals surface area (Å²) in [6.07, 6.45) is 5.06. The Morgan fingerprint density at radius 1 is 1.50 bits per heavy atom. The van der Waals surface area contributed by atoms with Crippen molar-refractivity contribution >= 4 is 5.91 Å². The third-order valence-corrected chi connectivity index (χ3v) is 3.35. The summed E-state index contributed by atoms with van der Waals surface area (Å²) in [4.78, 5) is 18.1. The van der Waals surface area contributed by atoms with E-state index in [2.05, 4.69) is 4.98 Å². The normalized spacial score (nSPS) is 15.8. The molecule has 1 aromatic rings. The second-order valence-corrected chi connectivity index (χ2v) is 5.04. The van der Waals surface area contributed by atoms with Gasteiger partial charge in [-0.3, -0.25) is 9.78 Å². The highest BCUT2D eigenvalue weighted by atomic mass is 16.2. The van der Waals surface area contributed by atoms with Crippen LogP contribution in [0.2, 0.25) is 0 Å². The molecular weight excluding hydrogens is 226 g/mol. The van der Waals surface area contributed by atoms with Crippen molar-refractivity contribution in [2.75, 3.05) is 7.05 Å². The average molecular weight is 249 g/mol. The fourth-order valence-corrected chi connectivity index (χ4v) is 2.07. The lowest BCUT2D eigenvalue weighted by Gasteiger charge is -2.33. The number of amides is 1. The molecule has 0 aromatic carbocycles. The number of carbonyl (C=O) groups excluding carboxylic acids is 1. The van der Waals surface area contributed by atoms with Crippen LogP contribution in [0.25, 0.3) is 0 Å². The zero-order chi connectivity index (χ0) is 13.8. The first-order valence-corrected chi connectivity index (χ1v) is 6.36. The molecule has 4 heteroatoms. The second kappa shape index (κ2) is 5.96. The number of pyridine rings is 1. The van der Waals surface area contributed by atoms with Gasteiger partial charge in [-0.2, -0.15) is 0 Å². The fraction of sp³-hybridized carbons (Fsp3) is 0.571. The van der Waals surface area contributed by atoms with Gasteiger partial charge in [0.25, 0.3) is 0 Å². The van der Waals surface area contributed by atoms with Crippen molar-refractivity contribution in [2.45, 2.75) is 45.2 Å². The minimum Gasteiger partial charge on any atom is -0.337 e. The summed E-state index contributed by atoms with van der Waals surface area (Å²) in [6.45, 7) is 5.83. The largest absolute Gasteiger partial charge is 0.337 e. The molecule has 0 fully saturated rings. The third kappa shape index (κ3) is 3.29. The van der Waals surface area contributed by atoms with Crippen molar-refractivity contribution in [3.8, 4) is 0 Å². The molecule has 0 aliphatic carbocycles. The summed E-state index contributed by atoms with van der Waals surface area (Å²) in [5, 5.41) is 0. The van der Waals surface area contributed by atoms with Crippen LogP contribution in [0.15, 0.2) is 24.5 Å². The van der Waals surface area contributed by atoms with Gasteiger partial charge in [-0.05, 0) is 38.0 Å². The first-order chi connectivity index (χ1) is 8.40. The number of carbonyl (C=O) groups is 1. The van der Waals surface area contributed by atoms with E-state index in [4.69, 9.17) is 5.73 Å². The molecule has 0 aliphatic rings. The van der Waals surface area contributed by atoms with E-state index in [0.717, 1.165) is 12.0 Å². The molecule has 4 nitrogen and oxygen atoms in total. The SMILES string of the molecule is CCCC(C)(N)C(=O)N(C)C(C)c1ccncc1. The number of hydrogen-bond acceptors (Lipinski definition) is 3. The molecule has 1 heterocycles. The average Bonchev–Trinajstić information content (AvgIpc) is 2.37. The lowest BCUT2D eigenvalue weighted by Crippen LogP contribution is -2.52. The van der Waals surface area contributed by atoms with Gasteiger partial charge in [0.2, 0.25) is 5.91 Å². The number of aromatic nitrogens is 1. The Morgan fingerprint density at radius 2 is 2.06 bits per heavy atom. The Labute approximate surface area is 109 Å². The summed E-state index contributed by atoms with van der Waals surface area (Å²) in [5.41, 5.74) is 6.36. The quantitative estimate of drug-likeness (QED) is 0.869. The van der Waals surface area contributed by atoms with Gasteiger partial charge in [0, 0.05) is 19.4 Å². The topological polar surface area (TPSA) is 59.2 Å². The summed E-state index contributed by atoms with van der Waals surface area (Å²) in [5.74, 6) is -0.0198. The first kappa shape index (κ1) is 14.6. The van der Waals surface area contributed by atoms with Crippen molar-refractivity contribution in [2.24, 2.45) is 5.73 Å². The third-order valence-electron chi connectivity index (χ3n) is 3.35. The van der Waals surface area contributed by atoms with E-state index in [1.807, 2.05) is 26.0 Å². The second-order valence-electron chi connectivity index (χ2n) is 5.04. The first-order valence-electron chi connectivity index (χ1n) is 6.36. The molecule has 2 N–H and O–H groups in total. The molecule has 2 unspecified atom stereocenters. The van der Waals surface area contributed by atoms with Crippen LogP contribution in [0.5, 0.6) is 0 Å². The minimum atomic E-state index is -0.787. The molecule has 0 spiro atoms. The maximum Gasteiger partial charge on any atom is 0.242 e. The van der Waals surface area contributed by atoms with Crippen LogP contribution in [0.3, 0.4) is 0 Å². The number of rotatable bonds is 5. The van der Waals surface area contributed by atoms with Gasteiger partial charge < -0.3 is 10.6 Å². The van der Waals surface area contributed by atoms with Crippen LogP contribution in [0.1, 0.15) is 45.2 Å². The molecule has 1 aromatic heterocycles. The molecule has 100 valence electrons. The molecule has 0 saturated carbocycles. The Kier molecular flexibility index (Phi) is 4.84. The Bertz CT molecular complexity index is 389. The van der Waals surface area contributed by atoms with Crippen molar-refractivity contribution in [1.82, 2.24) is 9.88 Å². The smallest absolute Gasteiger partial charge is 0.242 e. The van der Waals surface area contributed by atoms with Crippen LogP contribution >= 0.6 is 0 Å². The lowest BCUT2D eigenvalue weighted by molar-refractivity contribution is -0.137. The minimum absolute atomic E-state index is 0.000214. The molecule has 0 radical (unpaired) electrons. The van der Waals surface area contributed by atoms with Crippen molar-refractivity contribution in [3.63, 3.8) is 0 Å². The van der Waals surface area contributed by atoms with Crippen LogP contribution in [0, 0.1) is 0 Å². The number of nitrogens with zero attached hydrogens (tertiary/aromatic N) is 2. The maximum absolute atomic E-state index is 12.4. The summed E-state index contributed by atoms with van der Waals surface area (Å²) in [6, 6.07) is 3.84. The van der Waals surface area contributed by atoms with Gasteiger partial charge in [0.05, 0.1) is 11.6 Å². The van der Waals surface area contributed by atoms with Gasteiger partial charge >= 0.3 is 0 Å². The number of nitrogens with two attached hydrogens (primary N) is 1. The van der Waals surface area contributed by atoms with E-state index < -0.39 is 5.54 Å². The van der Waals surface area contributed by atoms with Crippen molar-refractivity contribution < 1.29 is 4.79 Å². The molecule has 0 aliphatic heterocycles. The van der Waals surface area contributed by atoms with E-state index in [0.29, 0.717) is 6.42 Å². The van der Waals surface area contributed by atoms with E-state index >= 15 is 0 Å². The van der Waals surface area contributed by atoms with Crippen LogP contribution in [0.4, 0.5) is 0 Å². The molecule has 2 atom stereocenters. The van der Waals surface area contributed by atoms with E-state index in [-0.39, 0.29) is 11.9 Å². The van der Waals surface area contributed by atoms with Gasteiger partial charge in [-0.25, -0.2) is 0 Å². The highest BCUT2D eigenvalue weighted by Crippen LogP contribution is 2.22. The van der Waals surface area contributed by atoms with E-state index in [1.54, 1.807) is 31.3 Å². The molecule has 0 bridgehead atoms. The zero-order valence-electron chi connectivity index (χ0n) is 11.7. The van der Waals surface area contributed by atoms with E-state index in [1.165, 1.54) is 0 Å². The Balaban J connectivity index is 2.81. The predicted molar refractivity (Wildman–Crippen MR) is 72.9 cm³/mol. The van der Waals surface area contributed by atoms with Gasteiger partial charge in [-0.15, -0.1) is 0 Å². The van der Waals surface area contributed by atoms with Gasteiger partial charge in [-0.1, -0.05) is 13.3 Å². The fourth-order valence-electron chi connectivity index (χ4n) is 2.07. The highest BCUT2D eigenvalue weighted by Gasteiger charge is 2.32. The summed E-state index contributed by atoms with van der Waals surface area (Å²) >= 11 is 0. The molecular formula is C14H23N3O. The summed E-state index contributed by atoms with van der Waals surface area (Å²) < 4.78 is 0. The van der Waals surface area contributed by atoms with E-state index in [9.17, 15) is 4.79 Å². The number of hydrogen-bond donors (Lipinski definition) is 1. The van der Waals surface area contributed by atoms with Crippen molar-refractivity contribution in [1.29, 1.82) is 0 Å². The van der Waals surface area contributed by atoms with Crippen LogP contribution in [-0.4, -0.2) is 28.4 Å². The molecule has 18 heavy (non-hydrogen) atoms. The zero-order valence-corrected chi connectivity index (χ0v) is 11.7. The Morgan fingerprint density at radius 3 is 2.56 bits per heavy atom. The van der Waals surface area contributed by atoms with Crippen molar-refractivity contribution in [3.05, 3.63) is 30.1 Å². The standard InChI is InChI=1S/C14H23N3O/c1-5-8-14(3,15)13(18)17(4)11(2)12-6-9-16-10-7-12/h6-7,9-11H,5,8,15H2,1-4H3. The summed E-state index contributed by atoms with van der Waals surface area (Å²) in [7, 11) is 1.80. The highest BCUT2D eigenvalue weighted by molar-refractivity contribution is 5.85. The predicted octanol–water partition coefficient (Wildman–Crippen LogP) is 2.12. The molecule has 0 saturated heterocycles. The van der Waals surface area contributed by atoms with Gasteiger partial charge in [0.1, 0.15) is 0 Å².